The van der Waals surface area contributed by atoms with E-state index in [1.807, 2.05) is 0 Å². The Bertz CT molecular complexity index is 209. The van der Waals surface area contributed by atoms with E-state index in [0.717, 1.165) is 0 Å². The Labute approximate surface area is 100 Å². The minimum atomic E-state index is 0.684. The first-order chi connectivity index (χ1) is 7.70. The summed E-state index contributed by atoms with van der Waals surface area (Å²) < 4.78 is 0. The maximum Gasteiger partial charge on any atom is 0.00394 e. The molecule has 2 aliphatic heterocycles. The van der Waals surface area contributed by atoms with Crippen LogP contribution in [0.3, 0.4) is 0 Å². The van der Waals surface area contributed by atoms with Gasteiger partial charge in [-0.1, -0.05) is 0 Å². The van der Waals surface area contributed by atoms with Crippen molar-refractivity contribution in [3.63, 3.8) is 0 Å². The molecular weight excluding hydrogens is 198 g/mol. The lowest BCUT2D eigenvalue weighted by Gasteiger charge is -2.34. The van der Waals surface area contributed by atoms with Crippen molar-refractivity contribution in [3.8, 4) is 0 Å². The van der Waals surface area contributed by atoms with Gasteiger partial charge in [0.05, 0.1) is 0 Å². The summed E-state index contributed by atoms with van der Waals surface area (Å²) in [4.78, 5) is 4.98. The third-order valence-corrected chi connectivity index (χ3v) is 4.26. The minimum absolute atomic E-state index is 0.684. The molecule has 0 aliphatic carbocycles. The molecule has 0 amide bonds. The highest BCUT2D eigenvalue weighted by Crippen LogP contribution is 2.38. The van der Waals surface area contributed by atoms with E-state index >= 15 is 0 Å². The van der Waals surface area contributed by atoms with Gasteiger partial charge in [0.2, 0.25) is 0 Å². The molecule has 3 nitrogen and oxygen atoms in total. The van der Waals surface area contributed by atoms with Crippen LogP contribution in [0.4, 0.5) is 0 Å². The van der Waals surface area contributed by atoms with Gasteiger partial charge in [-0.05, 0) is 77.9 Å². The Morgan fingerprint density at radius 2 is 1.94 bits per heavy atom. The quantitative estimate of drug-likeness (QED) is 0.770. The van der Waals surface area contributed by atoms with Crippen molar-refractivity contribution >= 4 is 0 Å². The van der Waals surface area contributed by atoms with Gasteiger partial charge in [-0.3, -0.25) is 0 Å². The van der Waals surface area contributed by atoms with Crippen LogP contribution in [0.1, 0.15) is 25.7 Å². The van der Waals surface area contributed by atoms with Crippen LogP contribution >= 0.6 is 0 Å². The van der Waals surface area contributed by atoms with Gasteiger partial charge in [0.25, 0.3) is 0 Å². The molecular formula is C13H27N3. The summed E-state index contributed by atoms with van der Waals surface area (Å²) in [5.74, 6) is 0. The molecule has 0 atom stereocenters. The van der Waals surface area contributed by atoms with E-state index in [1.54, 1.807) is 0 Å². The highest BCUT2D eigenvalue weighted by atomic mass is 15.2. The fourth-order valence-electron chi connectivity index (χ4n) is 3.19. The zero-order valence-electron chi connectivity index (χ0n) is 11.0. The third kappa shape index (κ3) is 3.19. The lowest BCUT2D eigenvalue weighted by atomic mass is 9.78. The fraction of sp³-hybridized carbons (Fsp3) is 1.00. The van der Waals surface area contributed by atoms with Crippen molar-refractivity contribution in [2.45, 2.75) is 25.7 Å². The number of rotatable bonds is 4. The number of likely N-dealkylation sites (tertiary alicyclic amines) is 1. The van der Waals surface area contributed by atoms with Crippen molar-refractivity contribution in [1.82, 2.24) is 15.1 Å². The molecule has 0 aromatic heterocycles. The van der Waals surface area contributed by atoms with E-state index in [-0.39, 0.29) is 0 Å². The van der Waals surface area contributed by atoms with Crippen LogP contribution in [-0.4, -0.2) is 63.2 Å². The van der Waals surface area contributed by atoms with Crippen molar-refractivity contribution in [1.29, 1.82) is 0 Å². The molecule has 0 radical (unpaired) electrons. The number of hydrogen-bond donors (Lipinski definition) is 1. The van der Waals surface area contributed by atoms with Gasteiger partial charge in [-0.2, -0.15) is 0 Å². The van der Waals surface area contributed by atoms with E-state index in [9.17, 15) is 0 Å². The van der Waals surface area contributed by atoms with E-state index in [1.165, 1.54) is 65.0 Å². The SMILES string of the molecule is CN(C)CCCN1CCC2(CCNCC2)C1. The lowest BCUT2D eigenvalue weighted by Crippen LogP contribution is -2.38. The Morgan fingerprint density at radius 1 is 1.19 bits per heavy atom. The molecule has 16 heavy (non-hydrogen) atoms. The highest BCUT2D eigenvalue weighted by molar-refractivity contribution is 4.92. The summed E-state index contributed by atoms with van der Waals surface area (Å²) >= 11 is 0. The van der Waals surface area contributed by atoms with Gasteiger partial charge in [-0.25, -0.2) is 0 Å². The summed E-state index contributed by atoms with van der Waals surface area (Å²) in [7, 11) is 4.33. The first-order valence-corrected chi connectivity index (χ1v) is 6.78. The second-order valence-electron chi connectivity index (χ2n) is 5.93. The van der Waals surface area contributed by atoms with Crippen LogP contribution in [0, 0.1) is 5.41 Å². The van der Waals surface area contributed by atoms with Crippen molar-refractivity contribution < 1.29 is 0 Å². The monoisotopic (exact) mass is 225 g/mol. The summed E-state index contributed by atoms with van der Waals surface area (Å²) in [6, 6.07) is 0. The first kappa shape index (κ1) is 12.3. The molecule has 2 aliphatic rings. The summed E-state index contributed by atoms with van der Waals surface area (Å²) in [5.41, 5.74) is 0.684. The molecule has 2 saturated heterocycles. The number of nitrogens with zero attached hydrogens (tertiary/aromatic N) is 2. The van der Waals surface area contributed by atoms with Crippen molar-refractivity contribution in [3.05, 3.63) is 0 Å². The molecule has 0 aromatic carbocycles. The van der Waals surface area contributed by atoms with Gasteiger partial charge < -0.3 is 15.1 Å². The van der Waals surface area contributed by atoms with Gasteiger partial charge >= 0.3 is 0 Å². The number of piperidine rings is 1. The topological polar surface area (TPSA) is 18.5 Å². The smallest absolute Gasteiger partial charge is 0.00394 e. The van der Waals surface area contributed by atoms with Crippen LogP contribution in [-0.2, 0) is 0 Å². The number of nitrogens with one attached hydrogen (secondary N) is 1. The van der Waals surface area contributed by atoms with Crippen LogP contribution in [0.2, 0.25) is 0 Å². The van der Waals surface area contributed by atoms with Gasteiger partial charge in [0.1, 0.15) is 0 Å². The molecule has 0 aromatic rings. The Kier molecular flexibility index (Phi) is 4.22. The molecule has 1 N–H and O–H groups in total. The van der Waals surface area contributed by atoms with Crippen LogP contribution in [0.5, 0.6) is 0 Å². The van der Waals surface area contributed by atoms with E-state index in [4.69, 9.17) is 0 Å². The summed E-state index contributed by atoms with van der Waals surface area (Å²) in [6.45, 7) is 7.71. The van der Waals surface area contributed by atoms with Gasteiger partial charge in [0.15, 0.2) is 0 Å². The Morgan fingerprint density at radius 3 is 2.62 bits per heavy atom. The maximum absolute atomic E-state index is 3.48. The van der Waals surface area contributed by atoms with Crippen molar-refractivity contribution in [2.24, 2.45) is 5.41 Å². The van der Waals surface area contributed by atoms with E-state index < -0.39 is 0 Å². The van der Waals surface area contributed by atoms with Gasteiger partial charge in [0, 0.05) is 6.54 Å². The first-order valence-electron chi connectivity index (χ1n) is 6.78. The second kappa shape index (κ2) is 5.48. The lowest BCUT2D eigenvalue weighted by molar-refractivity contribution is 0.193. The minimum Gasteiger partial charge on any atom is -0.317 e. The third-order valence-electron chi connectivity index (χ3n) is 4.26. The Balaban J connectivity index is 1.70. The van der Waals surface area contributed by atoms with E-state index in [0.29, 0.717) is 5.41 Å². The zero-order valence-corrected chi connectivity index (χ0v) is 11.0. The van der Waals surface area contributed by atoms with Crippen LogP contribution in [0.15, 0.2) is 0 Å². The normalized spacial score (nSPS) is 25.7. The molecule has 2 heterocycles. The highest BCUT2D eigenvalue weighted by Gasteiger charge is 2.38. The molecule has 2 fully saturated rings. The van der Waals surface area contributed by atoms with E-state index in [2.05, 4.69) is 29.2 Å². The molecule has 2 rings (SSSR count). The average molecular weight is 225 g/mol. The molecule has 3 heteroatoms. The standard InChI is InChI=1S/C13H27N3/c1-15(2)9-3-10-16-11-6-13(12-16)4-7-14-8-5-13/h14H,3-12H2,1-2H3. The zero-order chi connectivity index (χ0) is 11.4. The molecule has 0 saturated carbocycles. The van der Waals surface area contributed by atoms with Crippen LogP contribution < -0.4 is 5.32 Å². The fourth-order valence-corrected chi connectivity index (χ4v) is 3.19. The molecule has 94 valence electrons. The van der Waals surface area contributed by atoms with Gasteiger partial charge in [-0.15, -0.1) is 0 Å². The summed E-state index contributed by atoms with van der Waals surface area (Å²) in [5, 5.41) is 3.48. The predicted octanol–water partition coefficient (Wildman–Crippen LogP) is 1.01. The van der Waals surface area contributed by atoms with Crippen LogP contribution in [0.25, 0.3) is 0 Å². The molecule has 0 bridgehead atoms. The maximum atomic E-state index is 3.48. The molecule has 1 spiro atoms. The van der Waals surface area contributed by atoms with Crippen molar-refractivity contribution in [2.75, 3.05) is 53.4 Å². The molecule has 0 unspecified atom stereocenters. The number of hydrogen-bond acceptors (Lipinski definition) is 3. The largest absolute Gasteiger partial charge is 0.317 e. The Hall–Kier alpha value is -0.120. The summed E-state index contributed by atoms with van der Waals surface area (Å²) in [6.07, 6.45) is 5.56. The predicted molar refractivity (Wildman–Crippen MR) is 68.8 cm³/mol. The average Bonchev–Trinajstić information content (AvgIpc) is 2.62. The second-order valence-corrected chi connectivity index (χ2v) is 5.93.